The maximum atomic E-state index is 12.5. The first kappa shape index (κ1) is 21.2. The fourth-order valence-corrected chi connectivity index (χ4v) is 2.47. The molecule has 0 saturated carbocycles. The number of halogens is 1. The van der Waals surface area contributed by atoms with Crippen LogP contribution in [0.25, 0.3) is 0 Å². The molecule has 28 heavy (non-hydrogen) atoms. The molecule has 0 unspecified atom stereocenters. The second-order valence-electron chi connectivity index (χ2n) is 6.16. The molecule has 0 atom stereocenters. The first-order chi connectivity index (χ1) is 13.0. The number of nitrogens with zero attached hydrogens (tertiary/aromatic N) is 5. The molecule has 9 heteroatoms. The van der Waals surface area contributed by atoms with Crippen LogP contribution in [0, 0.1) is 0 Å². The van der Waals surface area contributed by atoms with E-state index < -0.39 is 11.9 Å². The Labute approximate surface area is 173 Å². The maximum absolute atomic E-state index is 12.5. The second-order valence-corrected chi connectivity index (χ2v) is 6.16. The largest absolute Gasteiger partial charge is 1.00 e. The molecule has 146 valence electrons. The highest BCUT2D eigenvalue weighted by Gasteiger charge is 2.31. The van der Waals surface area contributed by atoms with Gasteiger partial charge in [-0.25, -0.2) is 4.79 Å². The molecule has 3 rings (SSSR count). The fourth-order valence-electron chi connectivity index (χ4n) is 2.47. The van der Waals surface area contributed by atoms with Crippen LogP contribution in [0.2, 0.25) is 0 Å². The average Bonchev–Trinajstić information content (AvgIpc) is 2.95. The van der Waals surface area contributed by atoms with Crippen molar-refractivity contribution in [3.63, 3.8) is 0 Å². The Morgan fingerprint density at radius 2 is 1.82 bits per heavy atom. The van der Waals surface area contributed by atoms with Gasteiger partial charge in [-0.2, -0.15) is 14.7 Å². The summed E-state index contributed by atoms with van der Waals surface area (Å²) in [5.41, 5.74) is 2.04. The number of oxime groups is 1. The van der Waals surface area contributed by atoms with Crippen molar-refractivity contribution in [3.8, 4) is 0 Å². The quantitative estimate of drug-likeness (QED) is 0.314. The fraction of sp³-hybridized carbons (Fsp3) is 0.211. The van der Waals surface area contributed by atoms with E-state index >= 15 is 0 Å². The molecule has 0 aliphatic carbocycles. The predicted molar refractivity (Wildman–Crippen MR) is 102 cm³/mol. The molecule has 1 amide bonds. The standard InChI is InChI=1S/C19H20N5O3.BrH/c1-14-18(19(26)24(20-14)16-7-5-4-6-8-16)21-27-17(25)13-23-11-9-15(10-12-23)22(2)3;/h4-12H,13H2,1-3H3;1H/q+1;/p-1/b21-18+;. The van der Waals surface area contributed by atoms with Crippen LogP contribution >= 0.6 is 0 Å². The van der Waals surface area contributed by atoms with Crippen LogP contribution in [0.3, 0.4) is 0 Å². The van der Waals surface area contributed by atoms with Crippen molar-refractivity contribution >= 4 is 34.7 Å². The molecule has 0 radical (unpaired) electrons. The average molecular weight is 446 g/mol. The number of hydrogen-bond donors (Lipinski definition) is 0. The third kappa shape index (κ3) is 4.80. The Hall–Kier alpha value is -3.07. The van der Waals surface area contributed by atoms with E-state index in [9.17, 15) is 9.59 Å². The van der Waals surface area contributed by atoms with Gasteiger partial charge in [0.1, 0.15) is 0 Å². The highest BCUT2D eigenvalue weighted by atomic mass is 79.9. The van der Waals surface area contributed by atoms with E-state index in [2.05, 4.69) is 10.3 Å². The predicted octanol–water partition coefficient (Wildman–Crippen LogP) is -1.63. The molecule has 0 fully saturated rings. The normalized spacial score (nSPS) is 14.5. The lowest BCUT2D eigenvalue weighted by Crippen LogP contribution is -3.00. The lowest BCUT2D eigenvalue weighted by molar-refractivity contribution is -0.685. The van der Waals surface area contributed by atoms with Crippen LogP contribution in [0.1, 0.15) is 6.92 Å². The molecule has 0 saturated heterocycles. The van der Waals surface area contributed by atoms with Crippen LogP contribution in [0.15, 0.2) is 65.1 Å². The summed E-state index contributed by atoms with van der Waals surface area (Å²) in [6.45, 7) is 1.62. The first-order valence-corrected chi connectivity index (χ1v) is 8.35. The molecular formula is C19H20BrN5O3. The third-order valence-electron chi connectivity index (χ3n) is 3.93. The summed E-state index contributed by atoms with van der Waals surface area (Å²) in [7, 11) is 3.87. The van der Waals surface area contributed by atoms with E-state index in [0.29, 0.717) is 11.4 Å². The number of pyridine rings is 1. The van der Waals surface area contributed by atoms with E-state index in [1.165, 1.54) is 5.01 Å². The van der Waals surface area contributed by atoms with E-state index in [1.807, 2.05) is 37.2 Å². The van der Waals surface area contributed by atoms with Crippen molar-refractivity contribution in [2.75, 3.05) is 24.0 Å². The zero-order chi connectivity index (χ0) is 19.4. The van der Waals surface area contributed by atoms with E-state index in [1.54, 1.807) is 48.1 Å². The number of hydrogen-bond acceptors (Lipinski definition) is 6. The monoisotopic (exact) mass is 445 g/mol. The summed E-state index contributed by atoms with van der Waals surface area (Å²) in [5.74, 6) is -1.02. The van der Waals surface area contributed by atoms with Gasteiger partial charge in [-0.1, -0.05) is 23.4 Å². The molecule has 1 aliphatic rings. The minimum atomic E-state index is -0.580. The summed E-state index contributed by atoms with van der Waals surface area (Å²) >= 11 is 0. The van der Waals surface area contributed by atoms with Crippen molar-refractivity contribution in [1.82, 2.24) is 0 Å². The zero-order valence-electron chi connectivity index (χ0n) is 15.7. The van der Waals surface area contributed by atoms with Gasteiger partial charge in [-0.3, -0.25) is 4.79 Å². The van der Waals surface area contributed by atoms with Crippen LogP contribution in [0.5, 0.6) is 0 Å². The first-order valence-electron chi connectivity index (χ1n) is 8.35. The van der Waals surface area contributed by atoms with Crippen molar-refractivity contribution in [1.29, 1.82) is 0 Å². The Morgan fingerprint density at radius 3 is 2.43 bits per heavy atom. The minimum Gasteiger partial charge on any atom is -1.00 e. The number of hydrazone groups is 1. The van der Waals surface area contributed by atoms with Gasteiger partial charge in [0.25, 0.3) is 0 Å². The highest BCUT2D eigenvalue weighted by molar-refractivity contribution is 6.71. The molecule has 0 N–H and O–H groups in total. The van der Waals surface area contributed by atoms with Crippen molar-refractivity contribution in [3.05, 3.63) is 54.9 Å². The van der Waals surface area contributed by atoms with Crippen LogP contribution < -0.4 is 31.5 Å². The van der Waals surface area contributed by atoms with Gasteiger partial charge in [0.15, 0.2) is 18.1 Å². The Bertz CT molecular complexity index is 911. The highest BCUT2D eigenvalue weighted by Crippen LogP contribution is 2.19. The number of benzene rings is 1. The van der Waals surface area contributed by atoms with Gasteiger partial charge in [0, 0.05) is 31.9 Å². The minimum absolute atomic E-state index is 0. The lowest BCUT2D eigenvalue weighted by atomic mass is 10.2. The summed E-state index contributed by atoms with van der Waals surface area (Å²) in [6.07, 6.45) is 3.54. The number of amides is 1. The molecule has 1 aliphatic heterocycles. The molecule has 0 bridgehead atoms. The zero-order valence-corrected chi connectivity index (χ0v) is 17.3. The smallest absolute Gasteiger partial charge is 0.399 e. The van der Waals surface area contributed by atoms with Gasteiger partial charge in [-0.05, 0) is 19.1 Å². The second kappa shape index (κ2) is 9.23. The van der Waals surface area contributed by atoms with Gasteiger partial charge in [-0.15, -0.1) is 0 Å². The van der Waals surface area contributed by atoms with Gasteiger partial charge >= 0.3 is 11.9 Å². The number of rotatable bonds is 5. The molecule has 1 aromatic carbocycles. The number of para-hydroxylation sites is 1. The summed E-state index contributed by atoms with van der Waals surface area (Å²) in [4.78, 5) is 31.4. The molecule has 0 spiro atoms. The molecule has 1 aromatic heterocycles. The molecular weight excluding hydrogens is 426 g/mol. The van der Waals surface area contributed by atoms with Gasteiger partial charge in [0.05, 0.1) is 11.4 Å². The number of anilines is 2. The SMILES string of the molecule is CC1=NN(c2ccccc2)C(=O)/C1=N/OC(=O)C[n+]1ccc(N(C)C)cc1.[Br-]. The van der Waals surface area contributed by atoms with Crippen LogP contribution in [-0.2, 0) is 21.0 Å². The molecule has 8 nitrogen and oxygen atoms in total. The van der Waals surface area contributed by atoms with Gasteiger partial charge in [0.2, 0.25) is 6.54 Å². The summed E-state index contributed by atoms with van der Waals surface area (Å²) in [6, 6.07) is 12.8. The van der Waals surface area contributed by atoms with E-state index in [0.717, 1.165) is 5.69 Å². The van der Waals surface area contributed by atoms with E-state index in [-0.39, 0.29) is 29.2 Å². The van der Waals surface area contributed by atoms with Crippen LogP contribution in [0.4, 0.5) is 11.4 Å². The lowest BCUT2D eigenvalue weighted by Gasteiger charge is -2.10. The Morgan fingerprint density at radius 1 is 1.18 bits per heavy atom. The maximum Gasteiger partial charge on any atom is 0.399 e. The number of carbonyl (C=O) groups excluding carboxylic acids is 2. The Kier molecular flexibility index (Phi) is 7.00. The van der Waals surface area contributed by atoms with Gasteiger partial charge < -0.3 is 26.7 Å². The number of carbonyl (C=O) groups is 2. The van der Waals surface area contributed by atoms with Crippen molar-refractivity contribution in [2.45, 2.75) is 13.5 Å². The molecule has 2 aromatic rings. The van der Waals surface area contributed by atoms with Crippen molar-refractivity contribution in [2.24, 2.45) is 10.3 Å². The third-order valence-corrected chi connectivity index (χ3v) is 3.93. The van der Waals surface area contributed by atoms with Crippen LogP contribution in [-0.4, -0.2) is 37.4 Å². The number of aromatic nitrogens is 1. The summed E-state index contributed by atoms with van der Waals surface area (Å²) in [5, 5.41) is 9.14. The summed E-state index contributed by atoms with van der Waals surface area (Å²) < 4.78 is 1.67. The Balaban J connectivity index is 0.00000280. The topological polar surface area (TPSA) is 78.5 Å². The van der Waals surface area contributed by atoms with E-state index in [4.69, 9.17) is 4.84 Å². The molecule has 2 heterocycles. The van der Waals surface area contributed by atoms with Crippen molar-refractivity contribution < 1.29 is 36.0 Å².